The van der Waals surface area contributed by atoms with Gasteiger partial charge in [0.05, 0.1) is 29.6 Å². The highest BCUT2D eigenvalue weighted by molar-refractivity contribution is 6.36. The fourth-order valence-electron chi connectivity index (χ4n) is 5.17. The number of halogens is 1. The van der Waals surface area contributed by atoms with Crippen LogP contribution in [0, 0.1) is 24.8 Å². The Morgan fingerprint density at radius 2 is 2.03 bits per heavy atom. The maximum atomic E-state index is 10.0. The van der Waals surface area contributed by atoms with Crippen LogP contribution in [0.2, 0.25) is 5.02 Å². The van der Waals surface area contributed by atoms with E-state index in [2.05, 4.69) is 16.7 Å². The summed E-state index contributed by atoms with van der Waals surface area (Å²) in [6.45, 7) is 13.3. The maximum absolute atomic E-state index is 10.0. The zero-order valence-corrected chi connectivity index (χ0v) is 17.8. The maximum Gasteiger partial charge on any atom is 0.206 e. The van der Waals surface area contributed by atoms with Gasteiger partial charge in [-0.2, -0.15) is 0 Å². The number of hydrogen-bond acceptors (Lipinski definition) is 4. The van der Waals surface area contributed by atoms with Crippen LogP contribution in [-0.4, -0.2) is 28.2 Å². The van der Waals surface area contributed by atoms with Crippen LogP contribution in [0.4, 0.5) is 11.5 Å². The van der Waals surface area contributed by atoms with Gasteiger partial charge in [-0.25, -0.2) is 14.8 Å². The first-order valence-electron chi connectivity index (χ1n) is 10.4. The number of piperidine rings is 1. The second-order valence-electron chi connectivity index (χ2n) is 8.48. The summed E-state index contributed by atoms with van der Waals surface area (Å²) in [6.07, 6.45) is 6.40. The number of aromatic nitrogens is 2. The average Bonchev–Trinajstić information content (AvgIpc) is 3.08. The third kappa shape index (κ3) is 3.49. The molecule has 1 aromatic carbocycles. The molecule has 5 nitrogen and oxygen atoms in total. The molecule has 2 heterocycles. The molecule has 4 rings (SSSR count). The van der Waals surface area contributed by atoms with E-state index in [9.17, 15) is 5.11 Å². The zero-order chi connectivity index (χ0) is 20.6. The molecular weight excluding hydrogens is 384 g/mol. The molecule has 2 aromatic rings. The van der Waals surface area contributed by atoms with Crippen LogP contribution >= 0.6 is 11.6 Å². The van der Waals surface area contributed by atoms with Crippen molar-refractivity contribution in [3.8, 4) is 11.3 Å². The van der Waals surface area contributed by atoms with Crippen LogP contribution in [0.15, 0.2) is 18.2 Å². The largest absolute Gasteiger partial charge is 0.390 e. The molecule has 1 atom stereocenters. The van der Waals surface area contributed by atoms with Crippen molar-refractivity contribution in [3.63, 3.8) is 0 Å². The van der Waals surface area contributed by atoms with Gasteiger partial charge in [-0.05, 0) is 37.5 Å². The van der Waals surface area contributed by atoms with E-state index in [0.717, 1.165) is 30.5 Å². The van der Waals surface area contributed by atoms with E-state index in [1.165, 1.54) is 32.1 Å². The highest BCUT2D eigenvalue weighted by atomic mass is 35.5. The normalized spacial score (nSPS) is 20.8. The predicted molar refractivity (Wildman–Crippen MR) is 116 cm³/mol. The molecule has 0 radical (unpaired) electrons. The van der Waals surface area contributed by atoms with Gasteiger partial charge >= 0.3 is 0 Å². The lowest BCUT2D eigenvalue weighted by molar-refractivity contribution is 0.161. The molecule has 1 N–H and O–H groups in total. The molecule has 0 unspecified atom stereocenters. The third-order valence-corrected chi connectivity index (χ3v) is 7.44. The van der Waals surface area contributed by atoms with E-state index in [4.69, 9.17) is 28.1 Å². The molecule has 1 spiro atoms. The van der Waals surface area contributed by atoms with Crippen molar-refractivity contribution >= 4 is 23.1 Å². The van der Waals surface area contributed by atoms with Crippen molar-refractivity contribution in [2.24, 2.45) is 11.3 Å². The Morgan fingerprint density at radius 1 is 1.28 bits per heavy atom. The first-order valence-corrected chi connectivity index (χ1v) is 10.8. The van der Waals surface area contributed by atoms with Crippen LogP contribution in [0.1, 0.15) is 50.4 Å². The Balaban J connectivity index is 1.65. The van der Waals surface area contributed by atoms with Gasteiger partial charge < -0.3 is 10.0 Å². The van der Waals surface area contributed by atoms with Crippen molar-refractivity contribution in [1.82, 2.24) is 9.97 Å². The first-order chi connectivity index (χ1) is 14.0. The second-order valence-corrected chi connectivity index (χ2v) is 8.86. The number of aliphatic hydroxyl groups is 1. The van der Waals surface area contributed by atoms with E-state index in [0.29, 0.717) is 33.1 Å². The minimum Gasteiger partial charge on any atom is -0.390 e. The van der Waals surface area contributed by atoms with Gasteiger partial charge in [0, 0.05) is 18.7 Å². The minimum absolute atomic E-state index is 0.173. The van der Waals surface area contributed by atoms with Crippen LogP contribution < -0.4 is 4.90 Å². The summed E-state index contributed by atoms with van der Waals surface area (Å²) < 4.78 is 0. The van der Waals surface area contributed by atoms with Crippen LogP contribution in [0.5, 0.6) is 0 Å². The number of benzene rings is 1. The highest BCUT2D eigenvalue weighted by Gasteiger charge is 2.42. The Bertz CT molecular complexity index is 960. The standard InChI is InChI=1S/C23H27ClN4O/c1-15-6-5-9-23(15)10-12-28(13-11-23)22-19(14-29)27-21(16(2)26-22)17-7-4-8-18(25-3)20(17)24/h4,7-8,15,29H,5-6,9-14H2,1-2H3/t15-/m1/s1. The Hall–Kier alpha value is -2.16. The predicted octanol–water partition coefficient (Wildman–Crippen LogP) is 5.56. The van der Waals surface area contributed by atoms with Gasteiger partial charge in [-0.15, -0.1) is 0 Å². The first kappa shape index (κ1) is 20.1. The summed E-state index contributed by atoms with van der Waals surface area (Å²) in [5.41, 5.74) is 3.54. The third-order valence-electron chi connectivity index (χ3n) is 7.04. The van der Waals surface area contributed by atoms with E-state index in [-0.39, 0.29) is 6.61 Å². The fraction of sp³-hybridized carbons (Fsp3) is 0.522. The van der Waals surface area contributed by atoms with Crippen molar-refractivity contribution in [2.75, 3.05) is 18.0 Å². The van der Waals surface area contributed by atoms with Gasteiger partial charge in [0.2, 0.25) is 5.69 Å². The smallest absolute Gasteiger partial charge is 0.206 e. The van der Waals surface area contributed by atoms with Gasteiger partial charge in [-0.3, -0.25) is 0 Å². The fourth-order valence-corrected chi connectivity index (χ4v) is 5.42. The molecule has 6 heteroatoms. The summed E-state index contributed by atoms with van der Waals surface area (Å²) in [6, 6.07) is 5.34. The molecule has 0 bridgehead atoms. The van der Waals surface area contributed by atoms with Gasteiger partial charge in [-0.1, -0.05) is 49.6 Å². The Labute approximate surface area is 177 Å². The summed E-state index contributed by atoms with van der Waals surface area (Å²) in [4.78, 5) is 15.3. The van der Waals surface area contributed by atoms with Gasteiger partial charge in [0.25, 0.3) is 0 Å². The molecule has 0 amide bonds. The van der Waals surface area contributed by atoms with Crippen LogP contribution in [0.25, 0.3) is 16.1 Å². The van der Waals surface area contributed by atoms with Crippen molar-refractivity contribution in [1.29, 1.82) is 0 Å². The summed E-state index contributed by atoms with van der Waals surface area (Å²) >= 11 is 6.43. The molecular formula is C23H27ClN4O. The number of anilines is 1. The number of aliphatic hydroxyl groups excluding tert-OH is 1. The number of hydrogen-bond donors (Lipinski definition) is 1. The van der Waals surface area contributed by atoms with Gasteiger partial charge in [0.1, 0.15) is 5.69 Å². The summed E-state index contributed by atoms with van der Waals surface area (Å²) in [5.74, 6) is 1.58. The molecule has 1 aliphatic carbocycles. The summed E-state index contributed by atoms with van der Waals surface area (Å²) in [5, 5.41) is 10.4. The van der Waals surface area contributed by atoms with E-state index in [1.807, 2.05) is 13.0 Å². The molecule has 2 aliphatic rings. The zero-order valence-electron chi connectivity index (χ0n) is 17.1. The molecule has 2 fully saturated rings. The number of nitrogens with zero attached hydrogens (tertiary/aromatic N) is 4. The van der Waals surface area contributed by atoms with Crippen LogP contribution in [-0.2, 0) is 6.61 Å². The molecule has 29 heavy (non-hydrogen) atoms. The lowest BCUT2D eigenvalue weighted by Gasteiger charge is -2.43. The summed E-state index contributed by atoms with van der Waals surface area (Å²) in [7, 11) is 0. The monoisotopic (exact) mass is 410 g/mol. The lowest BCUT2D eigenvalue weighted by Crippen LogP contribution is -2.42. The molecule has 1 saturated heterocycles. The quantitative estimate of drug-likeness (QED) is 0.673. The number of rotatable bonds is 3. The molecule has 1 aromatic heterocycles. The van der Waals surface area contributed by atoms with Gasteiger partial charge in [0.15, 0.2) is 5.82 Å². The second kappa shape index (κ2) is 7.93. The minimum atomic E-state index is -0.173. The van der Waals surface area contributed by atoms with E-state index < -0.39 is 0 Å². The van der Waals surface area contributed by atoms with Crippen molar-refractivity contribution in [2.45, 2.75) is 52.6 Å². The SMILES string of the molecule is [C-]#[N+]c1cccc(-c2nc(CO)c(N3CCC4(CCC[C@H]4C)CC3)nc2C)c1Cl. The molecule has 1 saturated carbocycles. The van der Waals surface area contributed by atoms with E-state index in [1.54, 1.807) is 12.1 Å². The Morgan fingerprint density at radius 3 is 2.66 bits per heavy atom. The molecule has 152 valence electrons. The number of aryl methyl sites for hydroxylation is 1. The van der Waals surface area contributed by atoms with Crippen molar-refractivity contribution in [3.05, 3.63) is 46.0 Å². The Kier molecular flexibility index (Phi) is 5.50. The topological polar surface area (TPSA) is 53.6 Å². The van der Waals surface area contributed by atoms with Crippen LogP contribution in [0.3, 0.4) is 0 Å². The molecule has 1 aliphatic heterocycles. The van der Waals surface area contributed by atoms with E-state index >= 15 is 0 Å². The lowest BCUT2D eigenvalue weighted by atomic mass is 9.71. The highest BCUT2D eigenvalue weighted by Crippen LogP contribution is 2.50. The van der Waals surface area contributed by atoms with Crippen molar-refractivity contribution < 1.29 is 5.11 Å². The average molecular weight is 411 g/mol.